The van der Waals surface area contributed by atoms with Crippen molar-refractivity contribution in [3.8, 4) is 0 Å². The molecule has 0 spiro atoms. The molecule has 2 N–H and O–H groups in total. The third-order valence-electron chi connectivity index (χ3n) is 2.08. The standard InChI is InChI=1S/C11H10N2O2/c14-10(15)3-1-2-8-4-6-12-11-9(8)5-7-13-11/h1-2,4-7H,3H2,(H,12,13)(H,14,15). The molecule has 2 heterocycles. The maximum atomic E-state index is 10.3. The molecule has 0 saturated heterocycles. The number of nitrogens with zero attached hydrogens (tertiary/aromatic N) is 1. The van der Waals surface area contributed by atoms with E-state index in [1.807, 2.05) is 18.3 Å². The molecule has 0 aromatic carbocycles. The van der Waals surface area contributed by atoms with Crippen molar-refractivity contribution in [3.05, 3.63) is 36.2 Å². The van der Waals surface area contributed by atoms with E-state index in [9.17, 15) is 4.79 Å². The molecule has 15 heavy (non-hydrogen) atoms. The van der Waals surface area contributed by atoms with Crippen LogP contribution in [0, 0.1) is 0 Å². The van der Waals surface area contributed by atoms with Crippen LogP contribution < -0.4 is 0 Å². The summed E-state index contributed by atoms with van der Waals surface area (Å²) in [7, 11) is 0. The highest BCUT2D eigenvalue weighted by molar-refractivity contribution is 5.86. The van der Waals surface area contributed by atoms with Crippen LogP contribution in [0.25, 0.3) is 17.1 Å². The van der Waals surface area contributed by atoms with Gasteiger partial charge in [-0.25, -0.2) is 4.98 Å². The second kappa shape index (κ2) is 3.96. The van der Waals surface area contributed by atoms with E-state index in [1.165, 1.54) is 0 Å². The fourth-order valence-electron chi connectivity index (χ4n) is 1.41. The topological polar surface area (TPSA) is 66.0 Å². The summed E-state index contributed by atoms with van der Waals surface area (Å²) in [6.45, 7) is 0. The summed E-state index contributed by atoms with van der Waals surface area (Å²) in [5.41, 5.74) is 1.79. The van der Waals surface area contributed by atoms with Crippen molar-refractivity contribution in [3.63, 3.8) is 0 Å². The second-order valence-electron chi connectivity index (χ2n) is 3.14. The number of pyridine rings is 1. The van der Waals surface area contributed by atoms with E-state index in [0.717, 1.165) is 16.6 Å². The van der Waals surface area contributed by atoms with Crippen molar-refractivity contribution in [2.45, 2.75) is 6.42 Å². The summed E-state index contributed by atoms with van der Waals surface area (Å²) in [6, 6.07) is 3.78. The molecule has 0 atom stereocenters. The van der Waals surface area contributed by atoms with Gasteiger partial charge in [-0.3, -0.25) is 4.79 Å². The number of fused-ring (bicyclic) bond motifs is 1. The average molecular weight is 202 g/mol. The minimum atomic E-state index is -0.828. The molecule has 2 rings (SSSR count). The maximum absolute atomic E-state index is 10.3. The Kier molecular flexibility index (Phi) is 2.49. The van der Waals surface area contributed by atoms with Crippen LogP contribution in [0.5, 0.6) is 0 Å². The summed E-state index contributed by atoms with van der Waals surface area (Å²) < 4.78 is 0. The summed E-state index contributed by atoms with van der Waals surface area (Å²) in [4.78, 5) is 17.5. The van der Waals surface area contributed by atoms with Crippen LogP contribution in [0.1, 0.15) is 12.0 Å². The maximum Gasteiger partial charge on any atom is 0.307 e. The Morgan fingerprint density at radius 1 is 1.53 bits per heavy atom. The van der Waals surface area contributed by atoms with Crippen molar-refractivity contribution >= 4 is 23.1 Å². The Balaban J connectivity index is 2.31. The van der Waals surface area contributed by atoms with Gasteiger partial charge in [-0.05, 0) is 17.7 Å². The van der Waals surface area contributed by atoms with E-state index in [1.54, 1.807) is 18.3 Å². The number of H-pyrrole nitrogens is 1. The fraction of sp³-hybridized carbons (Fsp3) is 0.0909. The number of aliphatic carboxylic acids is 1. The number of carboxylic acids is 1. The highest BCUT2D eigenvalue weighted by Crippen LogP contribution is 2.16. The van der Waals surface area contributed by atoms with E-state index in [4.69, 9.17) is 5.11 Å². The van der Waals surface area contributed by atoms with Crippen molar-refractivity contribution in [2.75, 3.05) is 0 Å². The first kappa shape index (κ1) is 9.45. The molecule has 2 aromatic rings. The van der Waals surface area contributed by atoms with Gasteiger partial charge >= 0.3 is 5.97 Å². The van der Waals surface area contributed by atoms with Gasteiger partial charge in [0.15, 0.2) is 0 Å². The number of carboxylic acid groups (broad SMARTS) is 1. The van der Waals surface area contributed by atoms with Gasteiger partial charge in [-0.2, -0.15) is 0 Å². The van der Waals surface area contributed by atoms with Crippen molar-refractivity contribution in [2.24, 2.45) is 0 Å². The number of carbonyl (C=O) groups is 1. The predicted molar refractivity (Wildman–Crippen MR) is 57.4 cm³/mol. The highest BCUT2D eigenvalue weighted by Gasteiger charge is 1.99. The molecule has 76 valence electrons. The molecular weight excluding hydrogens is 192 g/mol. The molecular formula is C11H10N2O2. The molecule has 0 radical (unpaired) electrons. The summed E-state index contributed by atoms with van der Waals surface area (Å²) in [6.07, 6.45) is 6.97. The van der Waals surface area contributed by atoms with Crippen LogP contribution >= 0.6 is 0 Å². The third-order valence-corrected chi connectivity index (χ3v) is 2.08. The van der Waals surface area contributed by atoms with Crippen molar-refractivity contribution in [1.29, 1.82) is 0 Å². The quantitative estimate of drug-likeness (QED) is 0.800. The normalized spacial score (nSPS) is 11.2. The monoisotopic (exact) mass is 202 g/mol. The molecule has 4 nitrogen and oxygen atoms in total. The van der Waals surface area contributed by atoms with Gasteiger partial charge in [0.2, 0.25) is 0 Å². The van der Waals surface area contributed by atoms with E-state index >= 15 is 0 Å². The molecule has 0 saturated carbocycles. The lowest BCUT2D eigenvalue weighted by Gasteiger charge is -1.94. The highest BCUT2D eigenvalue weighted by atomic mass is 16.4. The van der Waals surface area contributed by atoms with Crippen LogP contribution in [0.2, 0.25) is 0 Å². The molecule has 0 bridgehead atoms. The molecule has 2 aromatic heterocycles. The summed E-state index contributed by atoms with van der Waals surface area (Å²) >= 11 is 0. The van der Waals surface area contributed by atoms with Crippen LogP contribution in [-0.2, 0) is 4.79 Å². The van der Waals surface area contributed by atoms with Gasteiger partial charge < -0.3 is 10.1 Å². The predicted octanol–water partition coefficient (Wildman–Crippen LogP) is 2.05. The summed E-state index contributed by atoms with van der Waals surface area (Å²) in [5.74, 6) is -0.828. The largest absolute Gasteiger partial charge is 0.481 e. The molecule has 0 fully saturated rings. The molecule has 0 unspecified atom stereocenters. The second-order valence-corrected chi connectivity index (χ2v) is 3.14. The van der Waals surface area contributed by atoms with E-state index in [0.29, 0.717) is 0 Å². The van der Waals surface area contributed by atoms with E-state index in [-0.39, 0.29) is 6.42 Å². The number of aromatic nitrogens is 2. The number of nitrogens with one attached hydrogen (secondary N) is 1. The van der Waals surface area contributed by atoms with Crippen LogP contribution in [0.3, 0.4) is 0 Å². The fourth-order valence-corrected chi connectivity index (χ4v) is 1.41. The zero-order chi connectivity index (χ0) is 10.7. The molecule has 0 aliphatic heterocycles. The first-order valence-corrected chi connectivity index (χ1v) is 4.58. The Morgan fingerprint density at radius 2 is 2.40 bits per heavy atom. The SMILES string of the molecule is O=C(O)CC=Cc1ccnc2[nH]ccc12. The van der Waals surface area contributed by atoms with Gasteiger partial charge in [0.05, 0.1) is 6.42 Å². The first-order chi connectivity index (χ1) is 7.27. The number of rotatable bonds is 3. The lowest BCUT2D eigenvalue weighted by molar-refractivity contribution is -0.135. The minimum Gasteiger partial charge on any atom is -0.481 e. The van der Waals surface area contributed by atoms with Gasteiger partial charge in [-0.15, -0.1) is 0 Å². The van der Waals surface area contributed by atoms with Crippen LogP contribution in [0.15, 0.2) is 30.6 Å². The molecule has 0 amide bonds. The van der Waals surface area contributed by atoms with Gasteiger partial charge in [0.25, 0.3) is 0 Å². The summed E-state index contributed by atoms with van der Waals surface area (Å²) in [5, 5.41) is 9.49. The lowest BCUT2D eigenvalue weighted by atomic mass is 10.1. The molecule has 4 heteroatoms. The van der Waals surface area contributed by atoms with Crippen LogP contribution in [-0.4, -0.2) is 21.0 Å². The van der Waals surface area contributed by atoms with E-state index in [2.05, 4.69) is 9.97 Å². The van der Waals surface area contributed by atoms with Gasteiger partial charge in [0.1, 0.15) is 5.65 Å². The number of aromatic amines is 1. The van der Waals surface area contributed by atoms with Crippen molar-refractivity contribution in [1.82, 2.24) is 9.97 Å². The average Bonchev–Trinajstić information content (AvgIpc) is 2.65. The lowest BCUT2D eigenvalue weighted by Crippen LogP contribution is -1.89. The molecule has 0 aliphatic carbocycles. The van der Waals surface area contributed by atoms with Crippen LogP contribution in [0.4, 0.5) is 0 Å². The molecule has 0 aliphatic rings. The Labute approximate surface area is 86.3 Å². The Bertz CT molecular complexity index is 514. The third kappa shape index (κ3) is 2.04. The number of hydrogen-bond donors (Lipinski definition) is 2. The zero-order valence-corrected chi connectivity index (χ0v) is 7.97. The first-order valence-electron chi connectivity index (χ1n) is 4.58. The Hall–Kier alpha value is -2.10. The van der Waals surface area contributed by atoms with Crippen molar-refractivity contribution < 1.29 is 9.90 Å². The Morgan fingerprint density at radius 3 is 3.20 bits per heavy atom. The van der Waals surface area contributed by atoms with E-state index < -0.39 is 5.97 Å². The minimum absolute atomic E-state index is 0.0360. The van der Waals surface area contributed by atoms with Gasteiger partial charge in [0, 0.05) is 17.8 Å². The zero-order valence-electron chi connectivity index (χ0n) is 7.97. The smallest absolute Gasteiger partial charge is 0.307 e. The number of hydrogen-bond acceptors (Lipinski definition) is 2. The van der Waals surface area contributed by atoms with Gasteiger partial charge in [-0.1, -0.05) is 12.2 Å².